The molecule has 0 saturated carbocycles. The van der Waals surface area contributed by atoms with Crippen LogP contribution in [0.3, 0.4) is 0 Å². The highest BCUT2D eigenvalue weighted by molar-refractivity contribution is 7.89. The number of nitrogens with zero attached hydrogens (tertiary/aromatic N) is 2. The van der Waals surface area contributed by atoms with Crippen LogP contribution in [0.5, 0.6) is 0 Å². The molecule has 1 fully saturated rings. The van der Waals surface area contributed by atoms with E-state index in [2.05, 4.69) is 17.4 Å². The van der Waals surface area contributed by atoms with E-state index in [0.29, 0.717) is 35.5 Å². The van der Waals surface area contributed by atoms with Crippen LogP contribution in [0.2, 0.25) is 0 Å². The molecule has 3 rings (SSSR count). The van der Waals surface area contributed by atoms with Crippen LogP contribution in [0.25, 0.3) is 0 Å². The number of carbonyl (C=O) groups is 1. The molecule has 1 saturated heterocycles. The maximum Gasteiger partial charge on any atom is 0.267 e. The molecule has 9 heteroatoms. The molecular weight excluding hydrogens is 386 g/mol. The summed E-state index contributed by atoms with van der Waals surface area (Å²) in [5, 5.41) is 8.03. The largest absolute Gasteiger partial charge is 0.359 e. The average Bonchev–Trinajstić information content (AvgIpc) is 3.24. The molecule has 0 atom stereocenters. The first-order valence-electron chi connectivity index (χ1n) is 8.94. The smallest absolute Gasteiger partial charge is 0.267 e. The first-order valence-corrected chi connectivity index (χ1v) is 11.3. The first-order chi connectivity index (χ1) is 12.6. The number of amides is 1. The SMILES string of the molecule is CC1CCN(S(=O)(=O)c2csc(C(=O)Nc3cc(C(C)(C)C)on3)c2)CC1. The van der Waals surface area contributed by atoms with Crippen LogP contribution in [0, 0.1) is 5.92 Å². The summed E-state index contributed by atoms with van der Waals surface area (Å²) < 4.78 is 32.3. The number of piperidine rings is 1. The van der Waals surface area contributed by atoms with Crippen molar-refractivity contribution < 1.29 is 17.7 Å². The van der Waals surface area contributed by atoms with Gasteiger partial charge in [-0.25, -0.2) is 8.42 Å². The van der Waals surface area contributed by atoms with Crippen molar-refractivity contribution in [2.24, 2.45) is 5.92 Å². The van der Waals surface area contributed by atoms with Crippen LogP contribution in [0.15, 0.2) is 26.9 Å². The van der Waals surface area contributed by atoms with Crippen molar-refractivity contribution in [3.05, 3.63) is 28.2 Å². The first kappa shape index (κ1) is 20.0. The Morgan fingerprint density at radius 3 is 2.56 bits per heavy atom. The van der Waals surface area contributed by atoms with E-state index in [1.165, 1.54) is 15.8 Å². The van der Waals surface area contributed by atoms with Gasteiger partial charge in [-0.2, -0.15) is 4.31 Å². The second-order valence-electron chi connectivity index (χ2n) is 8.01. The summed E-state index contributed by atoms with van der Waals surface area (Å²) in [6.07, 6.45) is 1.72. The zero-order valence-electron chi connectivity index (χ0n) is 16.0. The van der Waals surface area contributed by atoms with E-state index in [4.69, 9.17) is 4.52 Å². The number of thiophene rings is 1. The monoisotopic (exact) mass is 411 g/mol. The summed E-state index contributed by atoms with van der Waals surface area (Å²) >= 11 is 1.10. The summed E-state index contributed by atoms with van der Waals surface area (Å²) in [6, 6.07) is 3.11. The molecule has 27 heavy (non-hydrogen) atoms. The molecule has 1 N–H and O–H groups in total. The van der Waals surface area contributed by atoms with Crippen molar-refractivity contribution in [3.8, 4) is 0 Å². The van der Waals surface area contributed by atoms with Gasteiger partial charge in [-0.3, -0.25) is 4.79 Å². The van der Waals surface area contributed by atoms with Crippen molar-refractivity contribution in [1.82, 2.24) is 9.46 Å². The Morgan fingerprint density at radius 2 is 1.96 bits per heavy atom. The number of anilines is 1. The minimum atomic E-state index is -3.56. The molecule has 148 valence electrons. The lowest BCUT2D eigenvalue weighted by Gasteiger charge is -2.29. The van der Waals surface area contributed by atoms with Crippen molar-refractivity contribution >= 4 is 33.1 Å². The summed E-state index contributed by atoms with van der Waals surface area (Å²) in [5.41, 5.74) is -0.216. The molecule has 3 heterocycles. The van der Waals surface area contributed by atoms with Gasteiger partial charge in [-0.15, -0.1) is 11.3 Å². The fourth-order valence-electron chi connectivity index (χ4n) is 2.81. The summed E-state index contributed by atoms with van der Waals surface area (Å²) in [5.74, 6) is 1.11. The second-order valence-corrected chi connectivity index (χ2v) is 10.9. The Morgan fingerprint density at radius 1 is 1.30 bits per heavy atom. The topological polar surface area (TPSA) is 92.5 Å². The van der Waals surface area contributed by atoms with Gasteiger partial charge < -0.3 is 9.84 Å². The molecule has 1 amide bonds. The molecule has 0 unspecified atom stereocenters. The Bertz CT molecular complexity index is 917. The van der Waals surface area contributed by atoms with Gasteiger partial charge in [-0.05, 0) is 24.8 Å². The number of hydrogen-bond donors (Lipinski definition) is 1. The number of nitrogens with one attached hydrogen (secondary N) is 1. The van der Waals surface area contributed by atoms with Gasteiger partial charge in [-0.1, -0.05) is 32.9 Å². The van der Waals surface area contributed by atoms with Crippen LogP contribution in [0.4, 0.5) is 5.82 Å². The van der Waals surface area contributed by atoms with Crippen LogP contribution >= 0.6 is 11.3 Å². The van der Waals surface area contributed by atoms with E-state index in [1.54, 1.807) is 6.07 Å². The van der Waals surface area contributed by atoms with Gasteiger partial charge in [0.1, 0.15) is 5.76 Å². The number of carbonyl (C=O) groups excluding carboxylic acids is 1. The lowest BCUT2D eigenvalue weighted by atomic mass is 9.93. The molecule has 2 aromatic heterocycles. The van der Waals surface area contributed by atoms with Crippen molar-refractivity contribution in [2.45, 2.75) is 50.8 Å². The number of sulfonamides is 1. The van der Waals surface area contributed by atoms with E-state index >= 15 is 0 Å². The molecule has 2 aromatic rings. The van der Waals surface area contributed by atoms with Crippen molar-refractivity contribution in [1.29, 1.82) is 0 Å². The Labute approximate surface area is 163 Å². The summed E-state index contributed by atoms with van der Waals surface area (Å²) in [4.78, 5) is 12.9. The molecular formula is C18H25N3O4S2. The van der Waals surface area contributed by atoms with Crippen LogP contribution < -0.4 is 5.32 Å². The fraction of sp³-hybridized carbons (Fsp3) is 0.556. The molecule has 1 aliphatic rings. The van der Waals surface area contributed by atoms with Crippen molar-refractivity contribution in [3.63, 3.8) is 0 Å². The van der Waals surface area contributed by atoms with E-state index in [0.717, 1.165) is 24.2 Å². The predicted octanol–water partition coefficient (Wildman–Crippen LogP) is 3.71. The van der Waals surface area contributed by atoms with E-state index in [9.17, 15) is 13.2 Å². The molecule has 7 nitrogen and oxygen atoms in total. The summed E-state index contributed by atoms with van der Waals surface area (Å²) in [6.45, 7) is 9.13. The standard InChI is InChI=1S/C18H25N3O4S2/c1-12-5-7-21(8-6-12)27(23,24)13-9-14(26-11-13)17(22)19-16-10-15(25-20-16)18(2,3)4/h9-12H,5-8H2,1-4H3,(H,19,20,22). The van der Waals surface area contributed by atoms with Gasteiger partial charge in [0.05, 0.1) is 9.77 Å². The van der Waals surface area contributed by atoms with Crippen LogP contribution in [-0.2, 0) is 15.4 Å². The van der Waals surface area contributed by atoms with Gasteiger partial charge in [0.15, 0.2) is 5.82 Å². The Kier molecular flexibility index (Phi) is 5.47. The number of aromatic nitrogens is 1. The lowest BCUT2D eigenvalue weighted by Crippen LogP contribution is -2.37. The van der Waals surface area contributed by atoms with Gasteiger partial charge in [0.2, 0.25) is 10.0 Å². The third kappa shape index (κ3) is 4.41. The van der Waals surface area contributed by atoms with Gasteiger partial charge >= 0.3 is 0 Å². The minimum absolute atomic E-state index is 0.169. The van der Waals surface area contributed by atoms with E-state index in [1.807, 2.05) is 20.8 Å². The highest BCUT2D eigenvalue weighted by atomic mass is 32.2. The highest BCUT2D eigenvalue weighted by Gasteiger charge is 2.29. The molecule has 0 spiro atoms. The van der Waals surface area contributed by atoms with E-state index in [-0.39, 0.29) is 10.3 Å². The zero-order chi connectivity index (χ0) is 19.8. The summed E-state index contributed by atoms with van der Waals surface area (Å²) in [7, 11) is -3.56. The van der Waals surface area contributed by atoms with E-state index < -0.39 is 15.9 Å². The van der Waals surface area contributed by atoms with Crippen LogP contribution in [-0.4, -0.2) is 36.9 Å². The molecule has 0 aliphatic carbocycles. The Balaban J connectivity index is 1.71. The average molecular weight is 412 g/mol. The Hall–Kier alpha value is -1.71. The lowest BCUT2D eigenvalue weighted by molar-refractivity contribution is 0.102. The van der Waals surface area contributed by atoms with Gasteiger partial charge in [0, 0.05) is 30.0 Å². The third-order valence-electron chi connectivity index (χ3n) is 4.67. The fourth-order valence-corrected chi connectivity index (χ4v) is 5.44. The predicted molar refractivity (Wildman–Crippen MR) is 105 cm³/mol. The quantitative estimate of drug-likeness (QED) is 0.828. The molecule has 1 aliphatic heterocycles. The highest BCUT2D eigenvalue weighted by Crippen LogP contribution is 2.28. The number of hydrogen-bond acceptors (Lipinski definition) is 6. The molecule has 0 radical (unpaired) electrons. The maximum atomic E-state index is 12.8. The number of rotatable bonds is 4. The molecule has 0 bridgehead atoms. The third-order valence-corrected chi connectivity index (χ3v) is 7.63. The van der Waals surface area contributed by atoms with Crippen LogP contribution in [0.1, 0.15) is 56.0 Å². The minimum Gasteiger partial charge on any atom is -0.359 e. The maximum absolute atomic E-state index is 12.8. The molecule has 0 aromatic carbocycles. The van der Waals surface area contributed by atoms with Crippen molar-refractivity contribution in [2.75, 3.05) is 18.4 Å². The second kappa shape index (κ2) is 7.37. The normalized spacial score (nSPS) is 17.2. The van der Waals surface area contributed by atoms with Gasteiger partial charge in [0.25, 0.3) is 5.91 Å². The zero-order valence-corrected chi connectivity index (χ0v) is 17.6.